The third-order valence-electron chi connectivity index (χ3n) is 3.50. The first-order valence-electron chi connectivity index (χ1n) is 5.91. The Morgan fingerprint density at radius 3 is 2.60 bits per heavy atom. The van der Waals surface area contributed by atoms with Crippen LogP contribution in [-0.4, -0.2) is 43.2 Å². The lowest BCUT2D eigenvalue weighted by Crippen LogP contribution is -2.54. The molecule has 2 aliphatic rings. The Labute approximate surface area is 90.8 Å². The predicted octanol–water partition coefficient (Wildman–Crippen LogP) is 0.363. The molecule has 1 amide bonds. The fraction of sp³-hybridized carbons (Fsp3) is 0.909. The standard InChI is InChI=1S/C11H20N2O2/c12-5-1-10-2-6-13(10)11(14)9-3-7-15-8-4-9/h9-10H,1-8,12H2. The molecular weight excluding hydrogens is 192 g/mol. The monoisotopic (exact) mass is 212 g/mol. The Morgan fingerprint density at radius 2 is 2.07 bits per heavy atom. The van der Waals surface area contributed by atoms with Gasteiger partial charge in [0.15, 0.2) is 0 Å². The van der Waals surface area contributed by atoms with Crippen LogP contribution in [0.1, 0.15) is 25.7 Å². The Morgan fingerprint density at radius 1 is 1.33 bits per heavy atom. The van der Waals surface area contributed by atoms with Crippen LogP contribution >= 0.6 is 0 Å². The normalized spacial score (nSPS) is 27.5. The zero-order valence-corrected chi connectivity index (χ0v) is 9.15. The summed E-state index contributed by atoms with van der Waals surface area (Å²) in [5, 5.41) is 0. The molecule has 0 bridgehead atoms. The van der Waals surface area contributed by atoms with Gasteiger partial charge in [-0.1, -0.05) is 0 Å². The molecule has 0 spiro atoms. The van der Waals surface area contributed by atoms with Gasteiger partial charge in [0.1, 0.15) is 0 Å². The van der Waals surface area contributed by atoms with Crippen LogP contribution in [0.2, 0.25) is 0 Å². The average molecular weight is 212 g/mol. The first-order valence-corrected chi connectivity index (χ1v) is 5.91. The molecular formula is C11H20N2O2. The summed E-state index contributed by atoms with van der Waals surface area (Å²) in [7, 11) is 0. The van der Waals surface area contributed by atoms with E-state index in [1.165, 1.54) is 0 Å². The van der Waals surface area contributed by atoms with Crippen LogP contribution in [0.4, 0.5) is 0 Å². The molecule has 0 aromatic heterocycles. The van der Waals surface area contributed by atoms with Crippen molar-refractivity contribution in [3.63, 3.8) is 0 Å². The molecule has 2 aliphatic heterocycles. The van der Waals surface area contributed by atoms with Crippen molar-refractivity contribution in [3.05, 3.63) is 0 Å². The van der Waals surface area contributed by atoms with Crippen molar-refractivity contribution < 1.29 is 9.53 Å². The van der Waals surface area contributed by atoms with Gasteiger partial charge in [0.25, 0.3) is 0 Å². The lowest BCUT2D eigenvalue weighted by molar-refractivity contribution is -0.146. The molecule has 2 saturated heterocycles. The van der Waals surface area contributed by atoms with E-state index in [0.29, 0.717) is 18.5 Å². The summed E-state index contributed by atoms with van der Waals surface area (Å²) < 4.78 is 5.26. The van der Waals surface area contributed by atoms with Crippen LogP contribution < -0.4 is 5.73 Å². The summed E-state index contributed by atoms with van der Waals surface area (Å²) in [5.74, 6) is 0.544. The van der Waals surface area contributed by atoms with Crippen LogP contribution in [0.5, 0.6) is 0 Å². The Hall–Kier alpha value is -0.610. The maximum Gasteiger partial charge on any atom is 0.226 e. The molecule has 2 N–H and O–H groups in total. The van der Waals surface area contributed by atoms with E-state index < -0.39 is 0 Å². The first-order chi connectivity index (χ1) is 7.33. The highest BCUT2D eigenvalue weighted by Gasteiger charge is 2.35. The quantitative estimate of drug-likeness (QED) is 0.735. The molecule has 2 rings (SSSR count). The average Bonchev–Trinajstić information content (AvgIpc) is 2.25. The maximum absolute atomic E-state index is 12.1. The highest BCUT2D eigenvalue weighted by Crippen LogP contribution is 2.26. The van der Waals surface area contributed by atoms with Gasteiger partial charge >= 0.3 is 0 Å². The summed E-state index contributed by atoms with van der Waals surface area (Å²) in [6, 6.07) is 0.422. The lowest BCUT2D eigenvalue weighted by atomic mass is 9.92. The number of hydrogen-bond donors (Lipinski definition) is 1. The molecule has 0 radical (unpaired) electrons. The number of carbonyl (C=O) groups excluding carboxylic acids is 1. The number of rotatable bonds is 3. The molecule has 1 atom stereocenters. The van der Waals surface area contributed by atoms with Crippen LogP contribution in [-0.2, 0) is 9.53 Å². The number of carbonyl (C=O) groups is 1. The van der Waals surface area contributed by atoms with Crippen molar-refractivity contribution in [2.45, 2.75) is 31.7 Å². The summed E-state index contributed by atoms with van der Waals surface area (Å²) in [5.41, 5.74) is 5.52. The molecule has 15 heavy (non-hydrogen) atoms. The Kier molecular flexibility index (Phi) is 3.59. The Bertz CT molecular complexity index is 227. The third kappa shape index (κ3) is 2.32. The molecule has 2 fully saturated rings. The van der Waals surface area contributed by atoms with Gasteiger partial charge in [-0.25, -0.2) is 0 Å². The van der Waals surface area contributed by atoms with E-state index in [-0.39, 0.29) is 5.92 Å². The number of nitrogens with two attached hydrogens (primary N) is 1. The molecule has 4 heteroatoms. The van der Waals surface area contributed by atoms with E-state index in [4.69, 9.17) is 10.5 Å². The molecule has 0 aromatic carbocycles. The van der Waals surface area contributed by atoms with E-state index in [1.54, 1.807) is 0 Å². The van der Waals surface area contributed by atoms with E-state index in [0.717, 1.165) is 45.4 Å². The second kappa shape index (κ2) is 4.94. The largest absolute Gasteiger partial charge is 0.381 e. The number of amides is 1. The van der Waals surface area contributed by atoms with Gasteiger partial charge in [-0.2, -0.15) is 0 Å². The first kappa shape index (κ1) is 10.9. The molecule has 2 heterocycles. The van der Waals surface area contributed by atoms with Crippen molar-refractivity contribution in [1.29, 1.82) is 0 Å². The van der Waals surface area contributed by atoms with E-state index in [9.17, 15) is 4.79 Å². The minimum absolute atomic E-state index is 0.208. The number of nitrogens with zero attached hydrogens (tertiary/aromatic N) is 1. The van der Waals surface area contributed by atoms with Gasteiger partial charge in [0.2, 0.25) is 5.91 Å². The van der Waals surface area contributed by atoms with E-state index in [2.05, 4.69) is 0 Å². The van der Waals surface area contributed by atoms with Crippen molar-refractivity contribution in [1.82, 2.24) is 4.90 Å². The smallest absolute Gasteiger partial charge is 0.226 e. The predicted molar refractivity (Wildman–Crippen MR) is 57.3 cm³/mol. The topological polar surface area (TPSA) is 55.6 Å². The molecule has 86 valence electrons. The second-order valence-corrected chi connectivity index (χ2v) is 4.44. The Balaban J connectivity index is 1.84. The van der Waals surface area contributed by atoms with Crippen LogP contribution in [0.25, 0.3) is 0 Å². The maximum atomic E-state index is 12.1. The fourth-order valence-corrected chi connectivity index (χ4v) is 2.40. The molecule has 0 saturated carbocycles. The summed E-state index contributed by atoms with van der Waals surface area (Å²) in [4.78, 5) is 14.1. The zero-order valence-electron chi connectivity index (χ0n) is 9.15. The zero-order chi connectivity index (χ0) is 10.7. The summed E-state index contributed by atoms with van der Waals surface area (Å²) in [6.45, 7) is 3.10. The molecule has 1 unspecified atom stereocenters. The number of likely N-dealkylation sites (tertiary alicyclic amines) is 1. The second-order valence-electron chi connectivity index (χ2n) is 4.44. The van der Waals surface area contributed by atoms with Gasteiger partial charge in [-0.15, -0.1) is 0 Å². The lowest BCUT2D eigenvalue weighted by Gasteiger charge is -2.43. The minimum Gasteiger partial charge on any atom is -0.381 e. The summed E-state index contributed by atoms with van der Waals surface area (Å²) >= 11 is 0. The minimum atomic E-state index is 0.208. The fourth-order valence-electron chi connectivity index (χ4n) is 2.40. The molecule has 0 aliphatic carbocycles. The van der Waals surface area contributed by atoms with Crippen molar-refractivity contribution >= 4 is 5.91 Å². The van der Waals surface area contributed by atoms with E-state index in [1.807, 2.05) is 4.90 Å². The van der Waals surface area contributed by atoms with Gasteiger partial charge < -0.3 is 15.4 Å². The van der Waals surface area contributed by atoms with Crippen molar-refractivity contribution in [3.8, 4) is 0 Å². The van der Waals surface area contributed by atoms with E-state index >= 15 is 0 Å². The van der Waals surface area contributed by atoms with Crippen molar-refractivity contribution in [2.24, 2.45) is 11.7 Å². The third-order valence-corrected chi connectivity index (χ3v) is 3.50. The number of hydrogen-bond acceptors (Lipinski definition) is 3. The number of ether oxygens (including phenoxy) is 1. The highest BCUT2D eigenvalue weighted by atomic mass is 16.5. The van der Waals surface area contributed by atoms with Crippen molar-refractivity contribution in [2.75, 3.05) is 26.3 Å². The van der Waals surface area contributed by atoms with Gasteiger partial charge in [-0.3, -0.25) is 4.79 Å². The molecule has 4 nitrogen and oxygen atoms in total. The molecule has 0 aromatic rings. The van der Waals surface area contributed by atoms with Gasteiger partial charge in [0, 0.05) is 31.7 Å². The van der Waals surface area contributed by atoms with Crippen LogP contribution in [0.3, 0.4) is 0 Å². The summed E-state index contributed by atoms with van der Waals surface area (Å²) in [6.07, 6.45) is 3.87. The van der Waals surface area contributed by atoms with Crippen LogP contribution in [0.15, 0.2) is 0 Å². The SMILES string of the molecule is NCCC1CCN1C(=O)C1CCOCC1. The van der Waals surface area contributed by atoms with Gasteiger partial charge in [0.05, 0.1) is 0 Å². The van der Waals surface area contributed by atoms with Crippen LogP contribution in [0, 0.1) is 5.92 Å². The highest BCUT2D eigenvalue weighted by molar-refractivity contribution is 5.80. The van der Waals surface area contributed by atoms with Gasteiger partial charge in [-0.05, 0) is 32.2 Å².